The lowest BCUT2D eigenvalue weighted by Gasteiger charge is -2.18. The molecule has 0 unspecified atom stereocenters. The van der Waals surface area contributed by atoms with Gasteiger partial charge in [0.1, 0.15) is 5.52 Å². The van der Waals surface area contributed by atoms with Gasteiger partial charge < -0.3 is 15.3 Å². The van der Waals surface area contributed by atoms with Crippen LogP contribution in [0.3, 0.4) is 0 Å². The van der Waals surface area contributed by atoms with Gasteiger partial charge in [0.2, 0.25) is 5.91 Å². The number of aromatic nitrogens is 3. The van der Waals surface area contributed by atoms with Gasteiger partial charge in [-0.1, -0.05) is 12.1 Å². The Labute approximate surface area is 145 Å². The first kappa shape index (κ1) is 18.8. The predicted molar refractivity (Wildman–Crippen MR) is 91.4 cm³/mol. The zero-order valence-corrected chi connectivity index (χ0v) is 14.6. The fraction of sp³-hybridized carbons (Fsp3) is 0.500. The van der Waals surface area contributed by atoms with Crippen molar-refractivity contribution >= 4 is 22.9 Å². The largest absolute Gasteiger partial charge is 0.594 e. The number of nitrogens with one attached hydrogen (secondary N) is 2. The number of amides is 1. The number of ether oxygens (including phenoxy) is 1. The highest BCUT2D eigenvalue weighted by molar-refractivity contribution is 5.74. The Morgan fingerprint density at radius 2 is 2.04 bits per heavy atom. The van der Waals surface area contributed by atoms with Crippen LogP contribution in [0.5, 0.6) is 0 Å². The normalized spacial score (nSPS) is 11.5. The van der Waals surface area contributed by atoms with Crippen LogP contribution in [-0.4, -0.2) is 41.3 Å². The average molecular weight is 349 g/mol. The van der Waals surface area contributed by atoms with Gasteiger partial charge in [-0.05, 0) is 31.7 Å². The Morgan fingerprint density at radius 1 is 1.28 bits per heavy atom. The quantitative estimate of drug-likeness (QED) is 0.315. The summed E-state index contributed by atoms with van der Waals surface area (Å²) in [6, 6.07) is 6.95. The zero-order chi connectivity index (χ0) is 18.3. The molecule has 0 saturated heterocycles. The minimum Gasteiger partial charge on any atom is -0.594 e. The molecule has 136 valence electrons. The highest BCUT2D eigenvalue weighted by atomic mass is 16.7. The van der Waals surface area contributed by atoms with Gasteiger partial charge in [-0.15, -0.1) is 0 Å². The molecule has 0 atom stereocenters. The van der Waals surface area contributed by atoms with E-state index >= 15 is 0 Å². The second-order valence-corrected chi connectivity index (χ2v) is 6.33. The van der Waals surface area contributed by atoms with Gasteiger partial charge >= 0.3 is 0 Å². The smallest absolute Gasteiger partial charge is 0.290 e. The summed E-state index contributed by atoms with van der Waals surface area (Å²) in [5.41, 5.74) is 2.91. The standard InChI is InChI=1S/C16H23N5O4/c1-16(2,3)25-20-14(22)8-10-24-11-9-17-15-18-12-6-4-5-7-13(12)21(23)19-15/h4-7H,8-11H2,1-3H3,(H,20,22)(H,17,18,19). The van der Waals surface area contributed by atoms with Gasteiger partial charge in [0.05, 0.1) is 30.3 Å². The zero-order valence-electron chi connectivity index (χ0n) is 14.6. The van der Waals surface area contributed by atoms with Gasteiger partial charge in [-0.2, -0.15) is 0 Å². The van der Waals surface area contributed by atoms with Crippen LogP contribution in [-0.2, 0) is 14.4 Å². The number of fused-ring (bicyclic) bond motifs is 1. The second kappa shape index (κ2) is 8.54. The van der Waals surface area contributed by atoms with Crippen LogP contribution in [0.1, 0.15) is 27.2 Å². The van der Waals surface area contributed by atoms with Crippen molar-refractivity contribution in [2.75, 3.05) is 25.1 Å². The topological polar surface area (TPSA) is 112 Å². The van der Waals surface area contributed by atoms with Crippen molar-refractivity contribution in [2.24, 2.45) is 0 Å². The first-order valence-corrected chi connectivity index (χ1v) is 8.00. The molecule has 25 heavy (non-hydrogen) atoms. The van der Waals surface area contributed by atoms with Crippen LogP contribution < -0.4 is 15.6 Å². The molecule has 9 heteroatoms. The van der Waals surface area contributed by atoms with E-state index in [1.165, 1.54) is 0 Å². The molecule has 0 aliphatic rings. The van der Waals surface area contributed by atoms with E-state index in [9.17, 15) is 10.0 Å². The SMILES string of the molecule is CC(C)(C)ONC(=O)CCOCCNc1nc2ccccc2[n+]([O-])n1. The van der Waals surface area contributed by atoms with Crippen molar-refractivity contribution in [2.45, 2.75) is 32.8 Å². The molecule has 0 aliphatic heterocycles. The highest BCUT2D eigenvalue weighted by Crippen LogP contribution is 2.07. The number of hydroxylamine groups is 1. The molecule has 0 radical (unpaired) electrons. The number of carbonyl (C=O) groups is 1. The number of hydrogen-bond donors (Lipinski definition) is 2. The minimum absolute atomic E-state index is 0.198. The Bertz CT molecular complexity index is 717. The number of rotatable bonds is 8. The van der Waals surface area contributed by atoms with Crippen LogP contribution in [0.25, 0.3) is 11.0 Å². The van der Waals surface area contributed by atoms with Crippen LogP contribution in [0.15, 0.2) is 24.3 Å². The molecule has 0 bridgehead atoms. The maximum absolute atomic E-state index is 11.8. The van der Waals surface area contributed by atoms with E-state index in [0.717, 1.165) is 0 Å². The van der Waals surface area contributed by atoms with Crippen molar-refractivity contribution in [3.63, 3.8) is 0 Å². The lowest BCUT2D eigenvalue weighted by atomic mass is 10.2. The van der Waals surface area contributed by atoms with Crippen LogP contribution in [0, 0.1) is 5.21 Å². The molecule has 0 fully saturated rings. The monoisotopic (exact) mass is 349 g/mol. The first-order chi connectivity index (χ1) is 11.8. The van der Waals surface area contributed by atoms with Gasteiger partial charge in [-0.25, -0.2) is 10.5 Å². The third-order valence-electron chi connectivity index (χ3n) is 2.97. The average Bonchev–Trinajstić information content (AvgIpc) is 2.55. The van der Waals surface area contributed by atoms with Crippen molar-refractivity contribution in [3.8, 4) is 0 Å². The maximum Gasteiger partial charge on any atom is 0.290 e. The minimum atomic E-state index is -0.432. The van der Waals surface area contributed by atoms with Gasteiger partial charge in [0, 0.05) is 12.6 Å². The molecule has 2 N–H and O–H groups in total. The second-order valence-electron chi connectivity index (χ2n) is 6.33. The molecule has 2 rings (SSSR count). The maximum atomic E-state index is 11.8. The lowest BCUT2D eigenvalue weighted by molar-refractivity contribution is -0.641. The summed E-state index contributed by atoms with van der Waals surface area (Å²) in [5, 5.41) is 18.5. The number of benzene rings is 1. The summed E-state index contributed by atoms with van der Waals surface area (Å²) in [5.74, 6) is -0.0123. The number of nitrogens with zero attached hydrogens (tertiary/aromatic N) is 3. The summed E-state index contributed by atoms with van der Waals surface area (Å²) in [6.07, 6.45) is 0.198. The third kappa shape index (κ3) is 6.48. The Balaban J connectivity index is 1.66. The molecule has 0 aliphatic carbocycles. The fourth-order valence-electron chi connectivity index (χ4n) is 1.83. The number of hydrogen-bond acceptors (Lipinski definition) is 7. The van der Waals surface area contributed by atoms with E-state index in [1.807, 2.05) is 20.8 Å². The lowest BCUT2D eigenvalue weighted by Crippen LogP contribution is -2.34. The van der Waals surface area contributed by atoms with Crippen LogP contribution in [0.2, 0.25) is 0 Å². The van der Waals surface area contributed by atoms with Gasteiger partial charge in [-0.3, -0.25) is 9.63 Å². The number of para-hydroxylation sites is 2. The van der Waals surface area contributed by atoms with E-state index in [2.05, 4.69) is 20.9 Å². The van der Waals surface area contributed by atoms with Crippen molar-refractivity contribution in [1.82, 2.24) is 15.6 Å². The van der Waals surface area contributed by atoms with E-state index in [0.29, 0.717) is 29.0 Å². The molecule has 1 amide bonds. The van der Waals surface area contributed by atoms with E-state index < -0.39 is 5.60 Å². The van der Waals surface area contributed by atoms with Gasteiger partial charge in [0.15, 0.2) is 0 Å². The molecule has 9 nitrogen and oxygen atoms in total. The van der Waals surface area contributed by atoms with E-state index in [4.69, 9.17) is 9.57 Å². The Kier molecular flexibility index (Phi) is 6.43. The molecule has 1 aromatic heterocycles. The Morgan fingerprint density at radius 3 is 2.80 bits per heavy atom. The molecular weight excluding hydrogens is 326 g/mol. The van der Waals surface area contributed by atoms with Crippen LogP contribution >= 0.6 is 0 Å². The molecule has 1 aromatic carbocycles. The van der Waals surface area contributed by atoms with E-state index in [-0.39, 0.29) is 24.9 Å². The summed E-state index contributed by atoms with van der Waals surface area (Å²) in [7, 11) is 0. The summed E-state index contributed by atoms with van der Waals surface area (Å²) in [4.78, 5) is 21.5. The molecule has 1 heterocycles. The molecule has 0 saturated carbocycles. The Hall–Kier alpha value is -2.52. The molecule has 2 aromatic rings. The predicted octanol–water partition coefficient (Wildman–Crippen LogP) is 0.928. The van der Waals surface area contributed by atoms with Crippen LogP contribution in [0.4, 0.5) is 5.95 Å². The number of carbonyl (C=O) groups excluding carboxylic acids is 1. The molecule has 0 spiro atoms. The van der Waals surface area contributed by atoms with Crippen molar-refractivity contribution in [1.29, 1.82) is 0 Å². The first-order valence-electron chi connectivity index (χ1n) is 8.00. The summed E-state index contributed by atoms with van der Waals surface area (Å²) >= 11 is 0. The highest BCUT2D eigenvalue weighted by Gasteiger charge is 2.12. The third-order valence-corrected chi connectivity index (χ3v) is 2.97. The summed E-state index contributed by atoms with van der Waals surface area (Å²) in [6.45, 7) is 6.56. The summed E-state index contributed by atoms with van der Waals surface area (Å²) < 4.78 is 5.36. The van der Waals surface area contributed by atoms with E-state index in [1.54, 1.807) is 24.3 Å². The number of anilines is 1. The van der Waals surface area contributed by atoms with Crippen molar-refractivity contribution < 1.29 is 19.2 Å². The fourth-order valence-corrected chi connectivity index (χ4v) is 1.83. The molecular formula is C16H23N5O4. The van der Waals surface area contributed by atoms with Gasteiger partial charge in [0.25, 0.3) is 11.5 Å². The van der Waals surface area contributed by atoms with Crippen molar-refractivity contribution in [3.05, 3.63) is 29.5 Å².